The summed E-state index contributed by atoms with van der Waals surface area (Å²) in [7, 11) is 0. The molecule has 0 spiro atoms. The molecule has 7 nitrogen and oxygen atoms in total. The minimum Gasteiger partial charge on any atom is -0.493 e. The molecule has 0 bridgehead atoms. The third-order valence-electron chi connectivity index (χ3n) is 5.38. The number of carboxylic acid groups (broad SMARTS) is 1. The van der Waals surface area contributed by atoms with Gasteiger partial charge in [0, 0.05) is 34.3 Å². The smallest absolute Gasteiger partial charge is 0.327 e. The Morgan fingerprint density at radius 3 is 2.60 bits per heavy atom. The van der Waals surface area contributed by atoms with Crippen LogP contribution in [0.25, 0.3) is 10.8 Å². The number of β-lactam (4-membered cyclic amide) rings is 1. The van der Waals surface area contributed by atoms with E-state index in [1.165, 1.54) is 16.7 Å². The number of rotatable bonds is 5. The fourth-order valence-corrected chi connectivity index (χ4v) is 5.75. The Bertz CT molecular complexity index is 1030. The summed E-state index contributed by atoms with van der Waals surface area (Å²) in [6.45, 7) is 5.85. The summed E-state index contributed by atoms with van der Waals surface area (Å²) in [6.07, 6.45) is 0. The molecular formula is C21H22N2NaO5S. The monoisotopic (exact) mass is 437 g/mol. The maximum atomic E-state index is 13.2. The number of nitrogens with one attached hydrogen (secondary N) is 1. The number of aliphatic carboxylic acids is 1. The number of ether oxygens (including phenoxy) is 1. The molecular weight excluding hydrogens is 415 g/mol. The van der Waals surface area contributed by atoms with E-state index in [1.807, 2.05) is 37.3 Å². The molecule has 0 unspecified atom stereocenters. The zero-order valence-electron chi connectivity index (χ0n) is 17.3. The number of fused-ring (bicyclic) bond motifs is 2. The number of hydrogen-bond donors (Lipinski definition) is 2. The second kappa shape index (κ2) is 8.42. The first-order chi connectivity index (χ1) is 13.8. The molecule has 2 aromatic rings. The molecule has 2 heterocycles. The third-order valence-corrected chi connectivity index (χ3v) is 6.95. The first-order valence-corrected chi connectivity index (χ1v) is 10.3. The van der Waals surface area contributed by atoms with E-state index < -0.39 is 34.1 Å². The second-order valence-electron chi connectivity index (χ2n) is 7.64. The number of thioether (sulfide) groups is 1. The Labute approximate surface area is 200 Å². The predicted octanol–water partition coefficient (Wildman–Crippen LogP) is 2.10. The maximum absolute atomic E-state index is 13.2. The van der Waals surface area contributed by atoms with Crippen LogP contribution < -0.4 is 10.1 Å². The molecule has 0 aliphatic carbocycles. The van der Waals surface area contributed by atoms with Crippen molar-refractivity contribution in [3.63, 3.8) is 0 Å². The Hall–Kier alpha value is -1.74. The third kappa shape index (κ3) is 3.60. The summed E-state index contributed by atoms with van der Waals surface area (Å²) in [5.74, 6) is -1.35. The van der Waals surface area contributed by atoms with E-state index in [0.717, 1.165) is 10.8 Å². The van der Waals surface area contributed by atoms with Gasteiger partial charge in [0.2, 0.25) is 5.91 Å². The number of carboxylic acids is 1. The van der Waals surface area contributed by atoms with Crippen molar-refractivity contribution in [1.82, 2.24) is 10.2 Å². The molecule has 2 saturated heterocycles. The first-order valence-electron chi connectivity index (χ1n) is 9.44. The van der Waals surface area contributed by atoms with Gasteiger partial charge in [-0.25, -0.2) is 4.79 Å². The van der Waals surface area contributed by atoms with Gasteiger partial charge in [0.05, 0.1) is 12.2 Å². The number of hydrogen-bond acceptors (Lipinski definition) is 5. The molecule has 2 fully saturated rings. The van der Waals surface area contributed by atoms with Crippen LogP contribution in [-0.4, -0.2) is 86.2 Å². The molecule has 2 amide bonds. The van der Waals surface area contributed by atoms with Crippen LogP contribution in [0.1, 0.15) is 31.1 Å². The molecule has 0 aromatic heterocycles. The topological polar surface area (TPSA) is 95.9 Å². The molecule has 153 valence electrons. The first kappa shape index (κ1) is 22.9. The molecule has 2 aliphatic heterocycles. The van der Waals surface area contributed by atoms with Crippen molar-refractivity contribution in [2.24, 2.45) is 0 Å². The van der Waals surface area contributed by atoms with Gasteiger partial charge in [-0.15, -0.1) is 11.8 Å². The van der Waals surface area contributed by atoms with Gasteiger partial charge < -0.3 is 20.1 Å². The summed E-state index contributed by atoms with van der Waals surface area (Å²) in [6, 6.07) is 9.46. The Morgan fingerprint density at radius 1 is 1.23 bits per heavy atom. The van der Waals surface area contributed by atoms with Crippen molar-refractivity contribution < 1.29 is 24.2 Å². The standard InChI is InChI=1S/C21H22N2O5S.Na/c1-4-28-13-10-9-11-7-5-6-8-12(11)14(13)17(24)22-15-18(25)23-16(20(26)27)21(2,3)29-19(15)23;/h5-10,15-16,19H,4H2,1-3H3,(H,22,24)(H,26,27);/t15-,16+,19-;/m0./s1. The average Bonchev–Trinajstić information content (AvgIpc) is 2.94. The summed E-state index contributed by atoms with van der Waals surface area (Å²) in [4.78, 5) is 38.9. The van der Waals surface area contributed by atoms with Gasteiger partial charge >= 0.3 is 5.97 Å². The SMILES string of the molecule is CCOc1ccc2ccccc2c1C(=O)N[C@H]1C(=O)N2[C@H]1SC(C)(C)[C@H]2C(=O)O.[Na]. The number of carbonyl (C=O) groups excluding carboxylic acids is 2. The molecule has 2 aromatic carbocycles. The molecule has 3 atom stereocenters. The Morgan fingerprint density at radius 2 is 1.93 bits per heavy atom. The van der Waals surface area contributed by atoms with Crippen LogP contribution in [0.4, 0.5) is 0 Å². The summed E-state index contributed by atoms with van der Waals surface area (Å²) >= 11 is 1.40. The zero-order chi connectivity index (χ0) is 20.9. The fraction of sp³-hybridized carbons (Fsp3) is 0.381. The summed E-state index contributed by atoms with van der Waals surface area (Å²) in [5.41, 5.74) is 0.383. The molecule has 9 heteroatoms. The average molecular weight is 437 g/mol. The van der Waals surface area contributed by atoms with E-state index in [9.17, 15) is 19.5 Å². The van der Waals surface area contributed by atoms with Gasteiger partial charge in [-0.3, -0.25) is 9.59 Å². The van der Waals surface area contributed by atoms with Crippen LogP contribution in [0, 0.1) is 0 Å². The molecule has 0 saturated carbocycles. The van der Waals surface area contributed by atoms with Gasteiger partial charge in [-0.05, 0) is 37.6 Å². The van der Waals surface area contributed by atoms with Crippen LogP contribution in [0.2, 0.25) is 0 Å². The maximum Gasteiger partial charge on any atom is 0.327 e. The number of carbonyl (C=O) groups is 3. The van der Waals surface area contributed by atoms with Gasteiger partial charge in [0.15, 0.2) is 0 Å². The minimum absolute atomic E-state index is 0. The number of nitrogens with zero attached hydrogens (tertiary/aromatic N) is 1. The van der Waals surface area contributed by atoms with Crippen molar-refractivity contribution in [2.75, 3.05) is 6.61 Å². The number of benzene rings is 2. The molecule has 1 radical (unpaired) electrons. The van der Waals surface area contributed by atoms with Crippen LogP contribution in [-0.2, 0) is 9.59 Å². The van der Waals surface area contributed by atoms with Crippen LogP contribution in [0.3, 0.4) is 0 Å². The van der Waals surface area contributed by atoms with Crippen molar-refractivity contribution in [3.8, 4) is 5.75 Å². The largest absolute Gasteiger partial charge is 0.493 e. The van der Waals surface area contributed by atoms with E-state index in [1.54, 1.807) is 19.9 Å². The minimum atomic E-state index is -1.03. The van der Waals surface area contributed by atoms with E-state index in [4.69, 9.17) is 4.74 Å². The fourth-order valence-electron chi connectivity index (χ4n) is 4.12. The number of amides is 2. The molecule has 4 rings (SSSR count). The van der Waals surface area contributed by atoms with Crippen molar-refractivity contribution >= 4 is 69.9 Å². The van der Waals surface area contributed by atoms with Gasteiger partial charge in [0.25, 0.3) is 5.91 Å². The van der Waals surface area contributed by atoms with Crippen LogP contribution in [0.5, 0.6) is 5.75 Å². The van der Waals surface area contributed by atoms with Crippen molar-refractivity contribution in [3.05, 3.63) is 42.0 Å². The Balaban J connectivity index is 0.00000256. The molecule has 2 aliphatic rings. The van der Waals surface area contributed by atoms with Crippen LogP contribution >= 0.6 is 11.8 Å². The second-order valence-corrected chi connectivity index (χ2v) is 9.41. The zero-order valence-corrected chi connectivity index (χ0v) is 20.2. The predicted molar refractivity (Wildman–Crippen MR) is 116 cm³/mol. The van der Waals surface area contributed by atoms with E-state index >= 15 is 0 Å². The van der Waals surface area contributed by atoms with Gasteiger partial charge in [0.1, 0.15) is 23.2 Å². The van der Waals surface area contributed by atoms with E-state index in [0.29, 0.717) is 17.9 Å². The van der Waals surface area contributed by atoms with Gasteiger partial charge in [-0.2, -0.15) is 0 Å². The Kier molecular flexibility index (Phi) is 6.43. The quantitative estimate of drug-likeness (QED) is 0.550. The van der Waals surface area contributed by atoms with Crippen molar-refractivity contribution in [2.45, 2.75) is 43.0 Å². The van der Waals surface area contributed by atoms with Crippen LogP contribution in [0.15, 0.2) is 36.4 Å². The van der Waals surface area contributed by atoms with E-state index in [-0.39, 0.29) is 35.5 Å². The van der Waals surface area contributed by atoms with E-state index in [2.05, 4.69) is 5.32 Å². The van der Waals surface area contributed by atoms with Crippen molar-refractivity contribution in [1.29, 1.82) is 0 Å². The summed E-state index contributed by atoms with van der Waals surface area (Å²) < 4.78 is 5.02. The molecule has 30 heavy (non-hydrogen) atoms. The van der Waals surface area contributed by atoms with Gasteiger partial charge in [-0.1, -0.05) is 30.3 Å². The molecule has 2 N–H and O–H groups in total. The normalized spacial score (nSPS) is 23.9. The summed E-state index contributed by atoms with van der Waals surface area (Å²) in [5, 5.41) is 13.6.